The number of rotatable bonds is 4. The maximum Gasteiger partial charge on any atom is 0.345 e. The second-order valence-electron chi connectivity index (χ2n) is 5.66. The summed E-state index contributed by atoms with van der Waals surface area (Å²) < 4.78 is 3.36. The largest absolute Gasteiger partial charge is 0.477 e. The Bertz CT molecular complexity index is 1150. The monoisotopic (exact) mass is 387 g/mol. The van der Waals surface area contributed by atoms with Crippen molar-refractivity contribution in [2.24, 2.45) is 7.05 Å². The number of hydrogen-bond acceptors (Lipinski definition) is 6. The molecular weight excluding hydrogens is 374 g/mol. The van der Waals surface area contributed by atoms with Crippen LogP contribution in [0.3, 0.4) is 0 Å². The van der Waals surface area contributed by atoms with E-state index in [1.807, 2.05) is 25.5 Å². The first-order chi connectivity index (χ1) is 12.4. The number of carbonyl (C=O) groups excluding carboxylic acids is 1. The first-order valence-corrected chi connectivity index (χ1v) is 9.18. The van der Waals surface area contributed by atoms with Crippen LogP contribution >= 0.6 is 22.7 Å². The maximum absolute atomic E-state index is 12.7. The number of fused-ring (bicyclic) bond motifs is 1. The standard InChI is InChI=1S/C16H13N5O3S2/c1-8-5-11(16(23)24)25-14(8)18-13(22)9-6-17-21-7-12(26-15(9)21)10-3-4-20(2)19-10/h3-7H,1-2H3,(H,18,22)(H,23,24). The fraction of sp³-hybridized carbons (Fsp3) is 0.125. The summed E-state index contributed by atoms with van der Waals surface area (Å²) in [6.07, 6.45) is 5.19. The van der Waals surface area contributed by atoms with E-state index in [1.54, 1.807) is 22.2 Å². The fourth-order valence-electron chi connectivity index (χ4n) is 2.49. The van der Waals surface area contributed by atoms with Gasteiger partial charge in [-0.25, -0.2) is 9.31 Å². The summed E-state index contributed by atoms with van der Waals surface area (Å²) in [5, 5.41) is 21.0. The Morgan fingerprint density at radius 1 is 1.31 bits per heavy atom. The van der Waals surface area contributed by atoms with E-state index in [0.717, 1.165) is 21.9 Å². The number of carboxylic acid groups (broad SMARTS) is 1. The topological polar surface area (TPSA) is 102 Å². The molecule has 0 aromatic carbocycles. The molecule has 0 spiro atoms. The van der Waals surface area contributed by atoms with Gasteiger partial charge in [0.2, 0.25) is 0 Å². The van der Waals surface area contributed by atoms with Crippen LogP contribution in [0.1, 0.15) is 25.6 Å². The molecule has 0 saturated carbocycles. The summed E-state index contributed by atoms with van der Waals surface area (Å²) in [5.41, 5.74) is 1.96. The molecule has 26 heavy (non-hydrogen) atoms. The van der Waals surface area contributed by atoms with Gasteiger partial charge < -0.3 is 10.4 Å². The average Bonchev–Trinajstić information content (AvgIpc) is 3.31. The molecule has 0 radical (unpaired) electrons. The van der Waals surface area contributed by atoms with E-state index >= 15 is 0 Å². The van der Waals surface area contributed by atoms with Crippen LogP contribution in [0.2, 0.25) is 0 Å². The Hall–Kier alpha value is -2.98. The first kappa shape index (κ1) is 16.5. The molecule has 1 amide bonds. The van der Waals surface area contributed by atoms with E-state index < -0.39 is 5.97 Å². The Morgan fingerprint density at radius 2 is 2.12 bits per heavy atom. The van der Waals surface area contributed by atoms with Crippen molar-refractivity contribution in [3.05, 3.63) is 46.7 Å². The number of nitrogens with zero attached hydrogens (tertiary/aromatic N) is 4. The summed E-state index contributed by atoms with van der Waals surface area (Å²) >= 11 is 2.46. The number of aryl methyl sites for hydroxylation is 2. The number of aromatic carboxylic acids is 1. The zero-order valence-corrected chi connectivity index (χ0v) is 15.4. The number of anilines is 1. The molecule has 4 aromatic rings. The lowest BCUT2D eigenvalue weighted by molar-refractivity contribution is 0.0702. The van der Waals surface area contributed by atoms with E-state index in [2.05, 4.69) is 15.5 Å². The zero-order valence-electron chi connectivity index (χ0n) is 13.8. The molecule has 0 saturated heterocycles. The van der Waals surface area contributed by atoms with Crippen LogP contribution in [0.25, 0.3) is 15.4 Å². The molecule has 4 rings (SSSR count). The lowest BCUT2D eigenvalue weighted by Gasteiger charge is -2.01. The molecule has 0 aliphatic rings. The highest BCUT2D eigenvalue weighted by Gasteiger charge is 2.19. The van der Waals surface area contributed by atoms with Gasteiger partial charge in [-0.1, -0.05) is 0 Å². The van der Waals surface area contributed by atoms with Crippen LogP contribution in [0, 0.1) is 6.92 Å². The van der Waals surface area contributed by atoms with Crippen LogP contribution in [0.5, 0.6) is 0 Å². The van der Waals surface area contributed by atoms with E-state index in [0.29, 0.717) is 21.0 Å². The fourth-order valence-corrected chi connectivity index (χ4v) is 4.42. The summed E-state index contributed by atoms with van der Waals surface area (Å²) in [5.74, 6) is -1.33. The molecule has 10 heteroatoms. The minimum atomic E-state index is -1.01. The molecule has 0 aliphatic heterocycles. The highest BCUT2D eigenvalue weighted by atomic mass is 32.1. The third-order valence-corrected chi connectivity index (χ3v) is 6.04. The average molecular weight is 387 g/mol. The predicted molar refractivity (Wildman–Crippen MR) is 99.2 cm³/mol. The molecule has 4 heterocycles. The summed E-state index contributed by atoms with van der Waals surface area (Å²) in [6, 6.07) is 3.44. The Labute approximate surface area is 155 Å². The van der Waals surface area contributed by atoms with Gasteiger partial charge in [-0.15, -0.1) is 22.7 Å². The lowest BCUT2D eigenvalue weighted by Crippen LogP contribution is -2.10. The minimum absolute atomic E-state index is 0.187. The third kappa shape index (κ3) is 2.78. The number of aromatic nitrogens is 4. The van der Waals surface area contributed by atoms with Crippen molar-refractivity contribution in [2.45, 2.75) is 6.92 Å². The van der Waals surface area contributed by atoms with Crippen LogP contribution in [-0.2, 0) is 7.05 Å². The number of carboxylic acids is 1. The van der Waals surface area contributed by atoms with Crippen molar-refractivity contribution in [1.29, 1.82) is 0 Å². The summed E-state index contributed by atoms with van der Waals surface area (Å²) in [7, 11) is 1.84. The van der Waals surface area contributed by atoms with Gasteiger partial charge in [-0.05, 0) is 24.6 Å². The quantitative estimate of drug-likeness (QED) is 0.560. The summed E-state index contributed by atoms with van der Waals surface area (Å²) in [4.78, 5) is 25.5. The van der Waals surface area contributed by atoms with Gasteiger partial charge in [0.05, 0.1) is 21.6 Å². The Balaban J connectivity index is 1.65. The Kier molecular flexibility index (Phi) is 3.85. The first-order valence-electron chi connectivity index (χ1n) is 7.54. The molecule has 4 aromatic heterocycles. The number of thiazole rings is 1. The second kappa shape index (κ2) is 6.07. The van der Waals surface area contributed by atoms with Gasteiger partial charge in [-0.3, -0.25) is 9.48 Å². The molecule has 0 fully saturated rings. The summed E-state index contributed by atoms with van der Waals surface area (Å²) in [6.45, 7) is 1.76. The highest BCUT2D eigenvalue weighted by molar-refractivity contribution is 7.21. The second-order valence-corrected chi connectivity index (χ2v) is 7.74. The Morgan fingerprint density at radius 3 is 2.77 bits per heavy atom. The van der Waals surface area contributed by atoms with Gasteiger partial charge in [0.1, 0.15) is 15.4 Å². The molecule has 2 N–H and O–H groups in total. The normalized spacial score (nSPS) is 11.2. The van der Waals surface area contributed by atoms with Crippen molar-refractivity contribution in [2.75, 3.05) is 5.32 Å². The number of carbonyl (C=O) groups is 2. The van der Waals surface area contributed by atoms with Gasteiger partial charge in [0.15, 0.2) is 0 Å². The minimum Gasteiger partial charge on any atom is -0.477 e. The smallest absolute Gasteiger partial charge is 0.345 e. The van der Waals surface area contributed by atoms with Crippen molar-refractivity contribution in [3.63, 3.8) is 0 Å². The number of amides is 1. The zero-order chi connectivity index (χ0) is 18.4. The van der Waals surface area contributed by atoms with Gasteiger partial charge in [-0.2, -0.15) is 10.2 Å². The van der Waals surface area contributed by atoms with Crippen LogP contribution < -0.4 is 5.32 Å². The van der Waals surface area contributed by atoms with Gasteiger partial charge in [0.25, 0.3) is 5.91 Å². The van der Waals surface area contributed by atoms with E-state index in [1.165, 1.54) is 17.5 Å². The van der Waals surface area contributed by atoms with Crippen molar-refractivity contribution >= 4 is 44.4 Å². The number of thiophene rings is 1. The van der Waals surface area contributed by atoms with Crippen molar-refractivity contribution < 1.29 is 14.7 Å². The van der Waals surface area contributed by atoms with Crippen LogP contribution in [0.15, 0.2) is 30.7 Å². The van der Waals surface area contributed by atoms with Crippen molar-refractivity contribution in [1.82, 2.24) is 19.4 Å². The predicted octanol–water partition coefficient (Wildman–Crippen LogP) is 3.12. The lowest BCUT2D eigenvalue weighted by atomic mass is 10.3. The molecule has 0 atom stereocenters. The molecule has 0 aliphatic carbocycles. The molecular formula is C16H13N5O3S2. The van der Waals surface area contributed by atoms with E-state index in [4.69, 9.17) is 5.11 Å². The number of hydrogen-bond donors (Lipinski definition) is 2. The van der Waals surface area contributed by atoms with Crippen LogP contribution in [-0.4, -0.2) is 36.4 Å². The third-order valence-electron chi connectivity index (χ3n) is 3.76. The van der Waals surface area contributed by atoms with Gasteiger partial charge >= 0.3 is 5.97 Å². The highest BCUT2D eigenvalue weighted by Crippen LogP contribution is 2.31. The molecule has 0 bridgehead atoms. The van der Waals surface area contributed by atoms with E-state index in [9.17, 15) is 9.59 Å². The molecule has 8 nitrogen and oxygen atoms in total. The van der Waals surface area contributed by atoms with Gasteiger partial charge in [0, 0.05) is 19.4 Å². The SMILES string of the molecule is Cc1cc(C(=O)O)sc1NC(=O)c1cnn2cc(-c3ccn(C)n3)sc12. The van der Waals surface area contributed by atoms with E-state index in [-0.39, 0.29) is 10.8 Å². The van der Waals surface area contributed by atoms with Crippen molar-refractivity contribution in [3.8, 4) is 10.6 Å². The van der Waals surface area contributed by atoms with Crippen LogP contribution in [0.4, 0.5) is 5.00 Å². The molecule has 132 valence electrons. The number of nitrogens with one attached hydrogen (secondary N) is 1. The maximum atomic E-state index is 12.7. The molecule has 0 unspecified atom stereocenters.